The first-order valence-corrected chi connectivity index (χ1v) is 5.23. The smallest absolute Gasteiger partial charge is 0.116 e. The minimum absolute atomic E-state index is 0.517. The van der Waals surface area contributed by atoms with Crippen molar-refractivity contribution in [2.24, 2.45) is 0 Å². The summed E-state index contributed by atoms with van der Waals surface area (Å²) in [6, 6.07) is 7.66. The second-order valence-electron chi connectivity index (χ2n) is 3.33. The van der Waals surface area contributed by atoms with Crippen LogP contribution in [-0.2, 0) is 11.3 Å². The van der Waals surface area contributed by atoms with E-state index in [2.05, 4.69) is 9.97 Å². The van der Waals surface area contributed by atoms with E-state index in [1.165, 1.54) is 6.33 Å². The van der Waals surface area contributed by atoms with Crippen molar-refractivity contribution in [3.8, 4) is 11.3 Å². The molecule has 0 aliphatic rings. The van der Waals surface area contributed by atoms with Crippen LogP contribution in [0, 0.1) is 0 Å². The van der Waals surface area contributed by atoms with Crippen LogP contribution in [0.4, 0.5) is 0 Å². The molecular formula is C12H11ClN2O. The maximum Gasteiger partial charge on any atom is 0.116 e. The fraction of sp³-hybridized carbons (Fsp3) is 0.167. The maximum absolute atomic E-state index is 6.13. The standard InChI is InChI=1S/C12H11ClN2O/c1-16-7-10-3-2-9(6-11(10)13)12-4-5-14-8-15-12/h2-6,8H,7H2,1H3. The molecule has 2 aromatic rings. The van der Waals surface area contributed by atoms with Crippen molar-refractivity contribution in [3.05, 3.63) is 47.4 Å². The molecule has 1 heterocycles. The molecule has 0 N–H and O–H groups in total. The molecular weight excluding hydrogens is 224 g/mol. The van der Waals surface area contributed by atoms with E-state index in [-0.39, 0.29) is 0 Å². The summed E-state index contributed by atoms with van der Waals surface area (Å²) in [7, 11) is 1.65. The Morgan fingerprint density at radius 3 is 2.81 bits per heavy atom. The van der Waals surface area contributed by atoms with Gasteiger partial charge >= 0.3 is 0 Å². The minimum atomic E-state index is 0.517. The second kappa shape index (κ2) is 5.05. The van der Waals surface area contributed by atoms with Gasteiger partial charge < -0.3 is 4.74 Å². The van der Waals surface area contributed by atoms with E-state index in [1.807, 2.05) is 24.3 Å². The number of benzene rings is 1. The van der Waals surface area contributed by atoms with Crippen molar-refractivity contribution in [1.82, 2.24) is 9.97 Å². The average molecular weight is 235 g/mol. The van der Waals surface area contributed by atoms with E-state index in [1.54, 1.807) is 13.3 Å². The molecule has 0 saturated heterocycles. The van der Waals surface area contributed by atoms with Crippen LogP contribution in [0.15, 0.2) is 36.8 Å². The molecule has 1 aromatic carbocycles. The minimum Gasteiger partial charge on any atom is -0.380 e. The topological polar surface area (TPSA) is 35.0 Å². The zero-order valence-electron chi connectivity index (χ0n) is 8.85. The zero-order chi connectivity index (χ0) is 11.4. The number of methoxy groups -OCH3 is 1. The number of hydrogen-bond acceptors (Lipinski definition) is 3. The molecule has 0 unspecified atom stereocenters. The van der Waals surface area contributed by atoms with Crippen LogP contribution in [0.3, 0.4) is 0 Å². The summed E-state index contributed by atoms with van der Waals surface area (Å²) in [6.07, 6.45) is 3.23. The molecule has 4 heteroatoms. The molecule has 0 spiro atoms. The Kier molecular flexibility index (Phi) is 3.49. The van der Waals surface area contributed by atoms with E-state index in [9.17, 15) is 0 Å². The first-order valence-electron chi connectivity index (χ1n) is 4.85. The lowest BCUT2D eigenvalue weighted by atomic mass is 10.1. The highest BCUT2D eigenvalue weighted by Gasteiger charge is 2.04. The molecule has 16 heavy (non-hydrogen) atoms. The van der Waals surface area contributed by atoms with E-state index < -0.39 is 0 Å². The van der Waals surface area contributed by atoms with Crippen LogP contribution in [-0.4, -0.2) is 17.1 Å². The van der Waals surface area contributed by atoms with Gasteiger partial charge in [-0.3, -0.25) is 0 Å². The Labute approximate surface area is 99.1 Å². The third-order valence-corrected chi connectivity index (χ3v) is 2.58. The summed E-state index contributed by atoms with van der Waals surface area (Å²) >= 11 is 6.13. The molecule has 1 aromatic heterocycles. The lowest BCUT2D eigenvalue weighted by Gasteiger charge is -2.05. The van der Waals surface area contributed by atoms with Gasteiger partial charge in [-0.1, -0.05) is 23.7 Å². The van der Waals surface area contributed by atoms with Crippen molar-refractivity contribution in [2.45, 2.75) is 6.61 Å². The molecule has 0 atom stereocenters. The number of halogens is 1. The Balaban J connectivity index is 2.35. The third-order valence-electron chi connectivity index (χ3n) is 2.23. The lowest BCUT2D eigenvalue weighted by Crippen LogP contribution is -1.90. The Morgan fingerprint density at radius 1 is 1.31 bits per heavy atom. The first-order chi connectivity index (χ1) is 7.81. The second-order valence-corrected chi connectivity index (χ2v) is 3.74. The van der Waals surface area contributed by atoms with Crippen LogP contribution in [0.2, 0.25) is 5.02 Å². The van der Waals surface area contributed by atoms with Crippen molar-refractivity contribution < 1.29 is 4.74 Å². The summed E-state index contributed by atoms with van der Waals surface area (Å²) in [6.45, 7) is 0.517. The Bertz CT molecular complexity index is 474. The molecule has 0 aliphatic heterocycles. The van der Waals surface area contributed by atoms with E-state index >= 15 is 0 Å². The van der Waals surface area contributed by atoms with Gasteiger partial charge in [0.05, 0.1) is 12.3 Å². The number of nitrogens with zero attached hydrogens (tertiary/aromatic N) is 2. The lowest BCUT2D eigenvalue weighted by molar-refractivity contribution is 0.185. The highest BCUT2D eigenvalue weighted by molar-refractivity contribution is 6.31. The number of aromatic nitrogens is 2. The summed E-state index contributed by atoms with van der Waals surface area (Å²) in [5.41, 5.74) is 2.81. The highest BCUT2D eigenvalue weighted by Crippen LogP contribution is 2.24. The maximum atomic E-state index is 6.13. The van der Waals surface area contributed by atoms with Gasteiger partial charge in [0, 0.05) is 23.9 Å². The van der Waals surface area contributed by atoms with E-state index in [0.29, 0.717) is 11.6 Å². The van der Waals surface area contributed by atoms with Gasteiger partial charge in [-0.2, -0.15) is 0 Å². The molecule has 0 radical (unpaired) electrons. The molecule has 2 rings (SSSR count). The van der Waals surface area contributed by atoms with Crippen LogP contribution in [0.1, 0.15) is 5.56 Å². The van der Waals surface area contributed by atoms with Gasteiger partial charge in [-0.25, -0.2) is 9.97 Å². The normalized spacial score (nSPS) is 10.4. The molecule has 0 bridgehead atoms. The zero-order valence-corrected chi connectivity index (χ0v) is 9.61. The van der Waals surface area contributed by atoms with Crippen LogP contribution in [0.5, 0.6) is 0 Å². The fourth-order valence-electron chi connectivity index (χ4n) is 1.44. The number of rotatable bonds is 3. The van der Waals surface area contributed by atoms with Gasteiger partial charge in [0.15, 0.2) is 0 Å². The fourth-order valence-corrected chi connectivity index (χ4v) is 1.68. The van der Waals surface area contributed by atoms with Crippen molar-refractivity contribution in [2.75, 3.05) is 7.11 Å². The molecule has 0 aliphatic carbocycles. The highest BCUT2D eigenvalue weighted by atomic mass is 35.5. The monoisotopic (exact) mass is 234 g/mol. The van der Waals surface area contributed by atoms with E-state index in [0.717, 1.165) is 16.8 Å². The van der Waals surface area contributed by atoms with Crippen LogP contribution < -0.4 is 0 Å². The summed E-state index contributed by atoms with van der Waals surface area (Å²) in [5, 5.41) is 0.693. The molecule has 0 saturated carbocycles. The van der Waals surface area contributed by atoms with Crippen molar-refractivity contribution in [1.29, 1.82) is 0 Å². The number of hydrogen-bond donors (Lipinski definition) is 0. The molecule has 0 fully saturated rings. The molecule has 3 nitrogen and oxygen atoms in total. The van der Waals surface area contributed by atoms with Crippen molar-refractivity contribution >= 4 is 11.6 Å². The predicted molar refractivity (Wildman–Crippen MR) is 63.2 cm³/mol. The third kappa shape index (κ3) is 2.38. The van der Waals surface area contributed by atoms with Gasteiger partial charge in [0.25, 0.3) is 0 Å². The number of ether oxygens (including phenoxy) is 1. The molecule has 0 amide bonds. The van der Waals surface area contributed by atoms with Gasteiger partial charge in [0.2, 0.25) is 0 Å². The van der Waals surface area contributed by atoms with Crippen LogP contribution >= 0.6 is 11.6 Å². The van der Waals surface area contributed by atoms with E-state index in [4.69, 9.17) is 16.3 Å². The van der Waals surface area contributed by atoms with Gasteiger partial charge in [-0.05, 0) is 17.7 Å². The van der Waals surface area contributed by atoms with Gasteiger partial charge in [0.1, 0.15) is 6.33 Å². The Morgan fingerprint density at radius 2 is 2.19 bits per heavy atom. The molecule has 82 valence electrons. The summed E-state index contributed by atoms with van der Waals surface area (Å²) < 4.78 is 5.04. The summed E-state index contributed by atoms with van der Waals surface area (Å²) in [5.74, 6) is 0. The summed E-state index contributed by atoms with van der Waals surface area (Å²) in [4.78, 5) is 8.04. The average Bonchev–Trinajstić information content (AvgIpc) is 2.33. The quantitative estimate of drug-likeness (QED) is 0.819. The van der Waals surface area contributed by atoms with Gasteiger partial charge in [-0.15, -0.1) is 0 Å². The Hall–Kier alpha value is -1.45. The predicted octanol–water partition coefficient (Wildman–Crippen LogP) is 2.94. The first kappa shape index (κ1) is 11.0. The SMILES string of the molecule is COCc1ccc(-c2ccncn2)cc1Cl. The van der Waals surface area contributed by atoms with Crippen LogP contribution in [0.25, 0.3) is 11.3 Å². The van der Waals surface area contributed by atoms with Crippen molar-refractivity contribution in [3.63, 3.8) is 0 Å². The largest absolute Gasteiger partial charge is 0.380 e.